The van der Waals surface area contributed by atoms with E-state index in [1.807, 2.05) is 54.3 Å². The van der Waals surface area contributed by atoms with Crippen molar-refractivity contribution in [2.45, 2.75) is 49.9 Å². The Balaban J connectivity index is 1.85. The molecule has 1 aliphatic rings. The molecule has 0 saturated carbocycles. The van der Waals surface area contributed by atoms with E-state index in [1.54, 1.807) is 4.57 Å². The van der Waals surface area contributed by atoms with Gasteiger partial charge in [-0.2, -0.15) is 0 Å². The van der Waals surface area contributed by atoms with Crippen LogP contribution in [0.5, 0.6) is 0 Å². The Morgan fingerprint density at radius 3 is 2.40 bits per heavy atom. The van der Waals surface area contributed by atoms with E-state index in [2.05, 4.69) is 19.9 Å². The number of hydrogen-bond donors (Lipinski definition) is 0. The summed E-state index contributed by atoms with van der Waals surface area (Å²) in [6.07, 6.45) is 2.12. The van der Waals surface area contributed by atoms with E-state index in [1.165, 1.54) is 11.8 Å². The smallest absolute Gasteiger partial charge is 0.266 e. The summed E-state index contributed by atoms with van der Waals surface area (Å²) in [5.41, 5.74) is 2.47. The third-order valence-electron chi connectivity index (χ3n) is 5.59. The number of para-hydroxylation sites is 2. The summed E-state index contributed by atoms with van der Waals surface area (Å²) in [6.45, 7) is 7.77. The molecule has 5 nitrogen and oxygen atoms in total. The molecule has 1 fully saturated rings. The molecule has 2 heterocycles. The summed E-state index contributed by atoms with van der Waals surface area (Å²) in [7, 11) is 0. The van der Waals surface area contributed by atoms with Crippen LogP contribution >= 0.6 is 11.8 Å². The standard InChI is InChI=1S/C24H27N3O2S/c1-16(2)18-10-5-7-13-21(18)27-23(29)19-11-4-6-12-20(19)25-24(27)30-17(3)22(28)26-14-8-9-15-26/h4-7,10-13,16-17H,8-9,14-15H2,1-3H3/t17-/m1/s1. The molecule has 0 radical (unpaired) electrons. The van der Waals surface area contributed by atoms with Crippen molar-refractivity contribution in [2.75, 3.05) is 13.1 Å². The van der Waals surface area contributed by atoms with Gasteiger partial charge in [0.05, 0.1) is 21.8 Å². The maximum atomic E-state index is 13.5. The van der Waals surface area contributed by atoms with Crippen LogP contribution in [0, 0.1) is 0 Å². The molecule has 6 heteroatoms. The molecule has 156 valence electrons. The van der Waals surface area contributed by atoms with Gasteiger partial charge in [-0.3, -0.25) is 14.2 Å². The highest BCUT2D eigenvalue weighted by atomic mass is 32.2. The molecule has 1 atom stereocenters. The fourth-order valence-electron chi connectivity index (χ4n) is 3.99. The SMILES string of the molecule is CC(C)c1ccccc1-n1c(S[C@H](C)C(=O)N2CCCC2)nc2ccccc2c1=O. The van der Waals surface area contributed by atoms with Gasteiger partial charge in [0.1, 0.15) is 0 Å². The van der Waals surface area contributed by atoms with Crippen molar-refractivity contribution in [3.8, 4) is 5.69 Å². The molecule has 1 amide bonds. The number of hydrogen-bond acceptors (Lipinski definition) is 4. The Bertz CT molecular complexity index is 1130. The second kappa shape index (κ2) is 8.64. The second-order valence-corrected chi connectivity index (χ2v) is 9.37. The number of amides is 1. The maximum Gasteiger partial charge on any atom is 0.266 e. The van der Waals surface area contributed by atoms with Crippen LogP contribution < -0.4 is 5.56 Å². The number of thioether (sulfide) groups is 1. The fourth-order valence-corrected chi connectivity index (χ4v) is 4.99. The van der Waals surface area contributed by atoms with Gasteiger partial charge < -0.3 is 4.90 Å². The van der Waals surface area contributed by atoms with Crippen LogP contribution in [0.25, 0.3) is 16.6 Å². The van der Waals surface area contributed by atoms with E-state index in [-0.39, 0.29) is 22.6 Å². The normalized spacial score (nSPS) is 15.1. The van der Waals surface area contributed by atoms with Gasteiger partial charge in [0.2, 0.25) is 5.91 Å². The highest BCUT2D eigenvalue weighted by Crippen LogP contribution is 2.30. The van der Waals surface area contributed by atoms with Gasteiger partial charge in [0.25, 0.3) is 5.56 Å². The first-order valence-corrected chi connectivity index (χ1v) is 11.4. The number of carbonyl (C=O) groups excluding carboxylic acids is 1. The molecule has 4 rings (SSSR count). The molecule has 1 saturated heterocycles. The molecule has 0 unspecified atom stereocenters. The highest BCUT2D eigenvalue weighted by molar-refractivity contribution is 8.00. The van der Waals surface area contributed by atoms with E-state index in [0.717, 1.165) is 37.2 Å². The van der Waals surface area contributed by atoms with Crippen LogP contribution in [-0.4, -0.2) is 38.7 Å². The maximum absolute atomic E-state index is 13.5. The lowest BCUT2D eigenvalue weighted by molar-refractivity contribution is -0.129. The van der Waals surface area contributed by atoms with E-state index in [4.69, 9.17) is 4.98 Å². The Morgan fingerprint density at radius 1 is 1.00 bits per heavy atom. The molecule has 2 aromatic carbocycles. The van der Waals surface area contributed by atoms with Gasteiger partial charge in [-0.05, 0) is 49.4 Å². The minimum absolute atomic E-state index is 0.1000. The molecule has 0 spiro atoms. The van der Waals surface area contributed by atoms with Crippen molar-refractivity contribution in [1.29, 1.82) is 0 Å². The second-order valence-electron chi connectivity index (χ2n) is 8.06. The minimum atomic E-state index is -0.311. The molecule has 1 aromatic heterocycles. The summed E-state index contributed by atoms with van der Waals surface area (Å²) in [6, 6.07) is 15.4. The van der Waals surface area contributed by atoms with Gasteiger partial charge in [-0.1, -0.05) is 55.9 Å². The zero-order valence-electron chi connectivity index (χ0n) is 17.7. The van der Waals surface area contributed by atoms with Crippen molar-refractivity contribution in [3.05, 3.63) is 64.4 Å². The first kappa shape index (κ1) is 20.7. The van der Waals surface area contributed by atoms with E-state index < -0.39 is 0 Å². The van der Waals surface area contributed by atoms with Crippen LogP contribution in [0.2, 0.25) is 0 Å². The van der Waals surface area contributed by atoms with Gasteiger partial charge in [-0.15, -0.1) is 0 Å². The lowest BCUT2D eigenvalue weighted by Crippen LogP contribution is -2.34. The molecule has 0 bridgehead atoms. The van der Waals surface area contributed by atoms with E-state index in [0.29, 0.717) is 16.1 Å². The first-order valence-electron chi connectivity index (χ1n) is 10.5. The zero-order chi connectivity index (χ0) is 21.3. The minimum Gasteiger partial charge on any atom is -0.342 e. The predicted octanol–water partition coefficient (Wildman–Crippen LogP) is 4.61. The number of aromatic nitrogens is 2. The van der Waals surface area contributed by atoms with Gasteiger partial charge >= 0.3 is 0 Å². The highest BCUT2D eigenvalue weighted by Gasteiger charge is 2.26. The number of nitrogens with zero attached hydrogens (tertiary/aromatic N) is 3. The van der Waals surface area contributed by atoms with Crippen LogP contribution in [0.1, 0.15) is 45.1 Å². The van der Waals surface area contributed by atoms with Crippen molar-refractivity contribution >= 4 is 28.6 Å². The monoisotopic (exact) mass is 421 g/mol. The van der Waals surface area contributed by atoms with Crippen molar-refractivity contribution in [1.82, 2.24) is 14.5 Å². The first-order chi connectivity index (χ1) is 14.5. The summed E-state index contributed by atoms with van der Waals surface area (Å²) in [5, 5.41) is 0.833. The average Bonchev–Trinajstić information content (AvgIpc) is 3.28. The number of likely N-dealkylation sites (tertiary alicyclic amines) is 1. The molecule has 0 aliphatic carbocycles. The Kier molecular flexibility index (Phi) is 5.95. The topological polar surface area (TPSA) is 55.2 Å². The Hall–Kier alpha value is -2.60. The number of rotatable bonds is 5. The number of carbonyl (C=O) groups is 1. The molecule has 3 aromatic rings. The number of benzene rings is 2. The van der Waals surface area contributed by atoms with Gasteiger partial charge in [0, 0.05) is 13.1 Å². The third-order valence-corrected chi connectivity index (χ3v) is 6.63. The lowest BCUT2D eigenvalue weighted by Gasteiger charge is -2.22. The molecular formula is C24H27N3O2S. The van der Waals surface area contributed by atoms with Gasteiger partial charge in [-0.25, -0.2) is 4.98 Å². The molecular weight excluding hydrogens is 394 g/mol. The fraction of sp³-hybridized carbons (Fsp3) is 0.375. The Labute approximate surface area is 181 Å². The van der Waals surface area contributed by atoms with Crippen LogP contribution in [0.4, 0.5) is 0 Å². The van der Waals surface area contributed by atoms with E-state index in [9.17, 15) is 9.59 Å². The average molecular weight is 422 g/mol. The van der Waals surface area contributed by atoms with Gasteiger partial charge in [0.15, 0.2) is 5.16 Å². The third kappa shape index (κ3) is 3.88. The van der Waals surface area contributed by atoms with E-state index >= 15 is 0 Å². The number of fused-ring (bicyclic) bond motifs is 1. The lowest BCUT2D eigenvalue weighted by atomic mass is 10.0. The Morgan fingerprint density at radius 2 is 1.67 bits per heavy atom. The molecule has 0 N–H and O–H groups in total. The van der Waals surface area contributed by atoms with Crippen molar-refractivity contribution < 1.29 is 4.79 Å². The summed E-state index contributed by atoms with van der Waals surface area (Å²) in [4.78, 5) is 33.2. The van der Waals surface area contributed by atoms with Crippen LogP contribution in [-0.2, 0) is 4.79 Å². The molecule has 1 aliphatic heterocycles. The van der Waals surface area contributed by atoms with Crippen LogP contribution in [0.15, 0.2) is 58.5 Å². The predicted molar refractivity (Wildman–Crippen MR) is 123 cm³/mol. The van der Waals surface area contributed by atoms with Crippen molar-refractivity contribution in [2.24, 2.45) is 0 Å². The van der Waals surface area contributed by atoms with Crippen molar-refractivity contribution in [3.63, 3.8) is 0 Å². The summed E-state index contributed by atoms with van der Waals surface area (Å²) >= 11 is 1.37. The zero-order valence-corrected chi connectivity index (χ0v) is 18.5. The summed E-state index contributed by atoms with van der Waals surface area (Å²) in [5.74, 6) is 0.365. The molecule has 30 heavy (non-hydrogen) atoms. The van der Waals surface area contributed by atoms with Crippen LogP contribution in [0.3, 0.4) is 0 Å². The largest absolute Gasteiger partial charge is 0.342 e. The quantitative estimate of drug-likeness (QED) is 0.446. The summed E-state index contributed by atoms with van der Waals surface area (Å²) < 4.78 is 1.69.